The maximum atomic E-state index is 6.26. The fraction of sp³-hybridized carbons (Fsp3) is 0.250. The molecule has 0 saturated carbocycles. The highest BCUT2D eigenvalue weighted by atomic mass is 16.5. The van der Waals surface area contributed by atoms with E-state index in [2.05, 4.69) is 18.8 Å². The molecule has 0 bridgehead atoms. The number of hydrogen-bond donors (Lipinski definition) is 0. The third-order valence-corrected chi connectivity index (χ3v) is 4.79. The first-order chi connectivity index (χ1) is 14.1. The van der Waals surface area contributed by atoms with Crippen LogP contribution in [0.4, 0.5) is 0 Å². The lowest BCUT2D eigenvalue weighted by atomic mass is 10.0. The minimum Gasteiger partial charge on any atom is -0.496 e. The van der Waals surface area contributed by atoms with Crippen molar-refractivity contribution in [1.82, 2.24) is 9.97 Å². The minimum absolute atomic E-state index is 0.606. The van der Waals surface area contributed by atoms with E-state index in [1.807, 2.05) is 48.5 Å². The number of pyridine rings is 1. The molecule has 0 aliphatic heterocycles. The number of para-hydroxylation sites is 1. The molecule has 2 aromatic heterocycles. The highest BCUT2D eigenvalue weighted by Crippen LogP contribution is 2.38. The molecule has 2 aromatic carbocycles. The molecule has 0 fully saturated rings. The molecule has 0 aliphatic rings. The normalized spacial score (nSPS) is 11.2. The van der Waals surface area contributed by atoms with E-state index in [9.17, 15) is 0 Å². The number of aromatic nitrogens is 2. The SMILES string of the molecule is COc1cc2nc(CCC(C)C)cc(Oc3ccccc3)c2cc1-c1cnco1. The van der Waals surface area contributed by atoms with E-state index >= 15 is 0 Å². The highest BCUT2D eigenvalue weighted by molar-refractivity contribution is 5.92. The molecule has 0 unspecified atom stereocenters. The van der Waals surface area contributed by atoms with Crippen LogP contribution in [0.2, 0.25) is 0 Å². The number of oxazole rings is 1. The monoisotopic (exact) mass is 388 g/mol. The Hall–Kier alpha value is -3.34. The Bertz CT molecular complexity index is 1090. The lowest BCUT2D eigenvalue weighted by Crippen LogP contribution is -1.98. The van der Waals surface area contributed by atoms with Crippen LogP contribution in [0.3, 0.4) is 0 Å². The van der Waals surface area contributed by atoms with Crippen LogP contribution in [-0.2, 0) is 6.42 Å². The minimum atomic E-state index is 0.606. The van der Waals surface area contributed by atoms with Gasteiger partial charge in [0.05, 0.1) is 24.4 Å². The molecular weight excluding hydrogens is 364 g/mol. The number of rotatable bonds is 7. The Kier molecular flexibility index (Phi) is 5.47. The number of hydrogen-bond acceptors (Lipinski definition) is 5. The van der Waals surface area contributed by atoms with Gasteiger partial charge in [0.15, 0.2) is 12.2 Å². The number of ether oxygens (including phenoxy) is 2. The van der Waals surface area contributed by atoms with Gasteiger partial charge in [-0.15, -0.1) is 0 Å². The van der Waals surface area contributed by atoms with Crippen LogP contribution in [0.15, 0.2) is 65.5 Å². The van der Waals surface area contributed by atoms with Gasteiger partial charge in [0, 0.05) is 23.2 Å². The fourth-order valence-electron chi connectivity index (χ4n) is 3.25. The molecule has 148 valence electrons. The molecule has 4 aromatic rings. The molecule has 4 rings (SSSR count). The van der Waals surface area contributed by atoms with Crippen molar-refractivity contribution >= 4 is 10.9 Å². The summed E-state index contributed by atoms with van der Waals surface area (Å²) in [5.41, 5.74) is 2.65. The maximum Gasteiger partial charge on any atom is 0.181 e. The standard InChI is InChI=1S/C24H24N2O3/c1-16(2)9-10-17-11-23(29-18-7-5-4-6-8-18)19-12-20(24-14-25-15-28-24)22(27-3)13-21(19)26-17/h4-8,11-16H,9-10H2,1-3H3. The lowest BCUT2D eigenvalue weighted by molar-refractivity contribution is 0.415. The summed E-state index contributed by atoms with van der Waals surface area (Å²) in [5, 5.41) is 0.898. The number of benzene rings is 2. The Morgan fingerprint density at radius 3 is 2.55 bits per heavy atom. The summed E-state index contributed by atoms with van der Waals surface area (Å²) in [6, 6.07) is 15.7. The lowest BCUT2D eigenvalue weighted by Gasteiger charge is -2.14. The van der Waals surface area contributed by atoms with Gasteiger partial charge in [0.1, 0.15) is 17.2 Å². The second-order valence-corrected chi connectivity index (χ2v) is 7.39. The van der Waals surface area contributed by atoms with Gasteiger partial charge in [-0.3, -0.25) is 4.98 Å². The van der Waals surface area contributed by atoms with Crippen molar-refractivity contribution in [2.75, 3.05) is 7.11 Å². The molecule has 0 saturated heterocycles. The van der Waals surface area contributed by atoms with Gasteiger partial charge >= 0.3 is 0 Å². The average molecular weight is 388 g/mol. The Labute approximate surface area is 170 Å². The third-order valence-electron chi connectivity index (χ3n) is 4.79. The second kappa shape index (κ2) is 8.35. The van der Waals surface area contributed by atoms with E-state index in [0.29, 0.717) is 17.4 Å². The maximum absolute atomic E-state index is 6.26. The van der Waals surface area contributed by atoms with E-state index in [4.69, 9.17) is 18.9 Å². The van der Waals surface area contributed by atoms with E-state index in [1.165, 1.54) is 6.39 Å². The van der Waals surface area contributed by atoms with E-state index in [0.717, 1.165) is 46.5 Å². The van der Waals surface area contributed by atoms with Crippen molar-refractivity contribution in [2.45, 2.75) is 26.7 Å². The van der Waals surface area contributed by atoms with Crippen molar-refractivity contribution in [3.63, 3.8) is 0 Å². The predicted molar refractivity (Wildman–Crippen MR) is 113 cm³/mol. The molecule has 0 atom stereocenters. The number of fused-ring (bicyclic) bond motifs is 1. The summed E-state index contributed by atoms with van der Waals surface area (Å²) in [5.74, 6) is 3.48. The van der Waals surface area contributed by atoms with Crippen LogP contribution in [0.1, 0.15) is 26.0 Å². The summed E-state index contributed by atoms with van der Waals surface area (Å²) in [7, 11) is 1.64. The summed E-state index contributed by atoms with van der Waals surface area (Å²) >= 11 is 0. The Morgan fingerprint density at radius 2 is 1.86 bits per heavy atom. The average Bonchev–Trinajstić information content (AvgIpc) is 3.27. The topological polar surface area (TPSA) is 57.4 Å². The molecule has 5 nitrogen and oxygen atoms in total. The molecule has 0 N–H and O–H groups in total. The van der Waals surface area contributed by atoms with Gasteiger partial charge in [0.2, 0.25) is 0 Å². The first-order valence-electron chi connectivity index (χ1n) is 9.77. The molecule has 29 heavy (non-hydrogen) atoms. The van der Waals surface area contributed by atoms with E-state index in [1.54, 1.807) is 13.3 Å². The largest absolute Gasteiger partial charge is 0.496 e. The molecule has 0 spiro atoms. The zero-order chi connectivity index (χ0) is 20.2. The number of aryl methyl sites for hydroxylation is 1. The zero-order valence-corrected chi connectivity index (χ0v) is 16.9. The van der Waals surface area contributed by atoms with Crippen molar-refractivity contribution in [1.29, 1.82) is 0 Å². The van der Waals surface area contributed by atoms with Gasteiger partial charge in [-0.1, -0.05) is 32.0 Å². The summed E-state index contributed by atoms with van der Waals surface area (Å²) < 4.78 is 17.4. The van der Waals surface area contributed by atoms with Crippen LogP contribution in [-0.4, -0.2) is 17.1 Å². The van der Waals surface area contributed by atoms with Crippen molar-refractivity contribution in [2.24, 2.45) is 5.92 Å². The van der Waals surface area contributed by atoms with Gasteiger partial charge in [0.25, 0.3) is 0 Å². The fourth-order valence-corrected chi connectivity index (χ4v) is 3.25. The Morgan fingerprint density at radius 1 is 1.03 bits per heavy atom. The van der Waals surface area contributed by atoms with E-state index in [-0.39, 0.29) is 0 Å². The van der Waals surface area contributed by atoms with Crippen LogP contribution in [0.25, 0.3) is 22.2 Å². The smallest absolute Gasteiger partial charge is 0.181 e. The van der Waals surface area contributed by atoms with Crippen LogP contribution < -0.4 is 9.47 Å². The van der Waals surface area contributed by atoms with E-state index < -0.39 is 0 Å². The van der Waals surface area contributed by atoms with Gasteiger partial charge in [-0.25, -0.2) is 4.98 Å². The Balaban J connectivity index is 1.86. The third kappa shape index (κ3) is 4.24. The van der Waals surface area contributed by atoms with Gasteiger partial charge in [-0.05, 0) is 37.0 Å². The molecule has 2 heterocycles. The van der Waals surface area contributed by atoms with Gasteiger partial charge in [-0.2, -0.15) is 0 Å². The summed E-state index contributed by atoms with van der Waals surface area (Å²) in [4.78, 5) is 8.90. The van der Waals surface area contributed by atoms with Crippen molar-refractivity contribution in [3.05, 3.63) is 66.8 Å². The number of nitrogens with zero attached hydrogens (tertiary/aromatic N) is 2. The molecule has 0 aliphatic carbocycles. The first kappa shape index (κ1) is 19.0. The van der Waals surface area contributed by atoms with Crippen molar-refractivity contribution < 1.29 is 13.9 Å². The second-order valence-electron chi connectivity index (χ2n) is 7.39. The molecule has 5 heteroatoms. The van der Waals surface area contributed by atoms with Crippen molar-refractivity contribution in [3.8, 4) is 28.6 Å². The number of methoxy groups -OCH3 is 1. The molecule has 0 amide bonds. The molecular formula is C24H24N2O3. The summed E-state index contributed by atoms with van der Waals surface area (Å²) in [6.07, 6.45) is 5.04. The summed E-state index contributed by atoms with van der Waals surface area (Å²) in [6.45, 7) is 4.43. The predicted octanol–water partition coefficient (Wildman–Crippen LogP) is 6.28. The van der Waals surface area contributed by atoms with Gasteiger partial charge < -0.3 is 13.9 Å². The highest BCUT2D eigenvalue weighted by Gasteiger charge is 2.16. The first-order valence-corrected chi connectivity index (χ1v) is 9.77. The van der Waals surface area contributed by atoms with Crippen LogP contribution in [0.5, 0.6) is 17.2 Å². The van der Waals surface area contributed by atoms with Crippen LogP contribution >= 0.6 is 0 Å². The quantitative estimate of drug-likeness (QED) is 0.373. The molecule has 0 radical (unpaired) electrons. The van der Waals surface area contributed by atoms with Crippen LogP contribution in [0, 0.1) is 5.92 Å². The zero-order valence-electron chi connectivity index (χ0n) is 16.9.